The van der Waals surface area contributed by atoms with Gasteiger partial charge in [0.2, 0.25) is 5.91 Å². The van der Waals surface area contributed by atoms with Crippen LogP contribution in [0.1, 0.15) is 134 Å². The number of carboxylic acids is 1. The number of esters is 1. The van der Waals surface area contributed by atoms with Crippen LogP contribution in [-0.2, 0) is 35.1 Å². The van der Waals surface area contributed by atoms with Crippen LogP contribution < -0.4 is 5.32 Å². The number of carboxylic acid groups (broad SMARTS) is 1. The molecule has 0 aliphatic carbocycles. The Morgan fingerprint density at radius 3 is 2.28 bits per heavy atom. The minimum atomic E-state index is -0.957. The third-order valence-electron chi connectivity index (χ3n) is 10.7. The van der Waals surface area contributed by atoms with Crippen LogP contribution >= 0.6 is 11.3 Å². The van der Waals surface area contributed by atoms with Gasteiger partial charge in [0.05, 0.1) is 12.0 Å². The van der Waals surface area contributed by atoms with Gasteiger partial charge in [0.15, 0.2) is 11.9 Å². The van der Waals surface area contributed by atoms with E-state index in [1.54, 1.807) is 45.0 Å². The molecule has 57 heavy (non-hydrogen) atoms. The van der Waals surface area contributed by atoms with Gasteiger partial charge in [0.25, 0.3) is 5.91 Å². The van der Waals surface area contributed by atoms with Crippen molar-refractivity contribution < 1.29 is 43.3 Å². The van der Waals surface area contributed by atoms with Gasteiger partial charge < -0.3 is 24.8 Å². The fourth-order valence-corrected chi connectivity index (χ4v) is 8.15. The number of piperidine rings is 1. The van der Waals surface area contributed by atoms with Crippen LogP contribution in [0.15, 0.2) is 35.7 Å². The number of carbonyl (C=O) groups is 6. The molecule has 1 aromatic carbocycles. The molecule has 0 saturated carbocycles. The fourth-order valence-electron chi connectivity index (χ4n) is 7.31. The lowest BCUT2D eigenvalue weighted by atomic mass is 9.82. The molecule has 1 aliphatic heterocycles. The monoisotopic (exact) mass is 812 g/mol. The topological polar surface area (TPSA) is 173 Å². The van der Waals surface area contributed by atoms with Crippen molar-refractivity contribution in [3.05, 3.63) is 52.0 Å². The van der Waals surface area contributed by atoms with Crippen molar-refractivity contribution in [3.63, 3.8) is 0 Å². The molecule has 0 radical (unpaired) electrons. The van der Waals surface area contributed by atoms with Crippen LogP contribution in [0.3, 0.4) is 0 Å². The van der Waals surface area contributed by atoms with Gasteiger partial charge in [-0.25, -0.2) is 9.78 Å². The predicted molar refractivity (Wildman–Crippen MR) is 219 cm³/mol. The van der Waals surface area contributed by atoms with Crippen LogP contribution in [0.25, 0.3) is 0 Å². The summed E-state index contributed by atoms with van der Waals surface area (Å²) in [6.07, 6.45) is 2.14. The summed E-state index contributed by atoms with van der Waals surface area (Å²) in [6, 6.07) is 7.91. The van der Waals surface area contributed by atoms with Gasteiger partial charge in [-0.3, -0.25) is 28.9 Å². The smallest absolute Gasteiger partial charge is 0.410 e. The molecule has 13 nitrogen and oxygen atoms in total. The Bertz CT molecular complexity index is 1670. The van der Waals surface area contributed by atoms with Gasteiger partial charge in [-0.05, 0) is 70.3 Å². The van der Waals surface area contributed by atoms with Crippen molar-refractivity contribution in [2.75, 3.05) is 13.6 Å². The van der Waals surface area contributed by atoms with E-state index in [2.05, 4.69) is 10.3 Å². The zero-order chi connectivity index (χ0) is 42.6. The van der Waals surface area contributed by atoms with Crippen LogP contribution in [0, 0.1) is 23.7 Å². The summed E-state index contributed by atoms with van der Waals surface area (Å²) >= 11 is 1.16. The molecule has 1 saturated heterocycles. The highest BCUT2D eigenvalue weighted by Crippen LogP contribution is 2.33. The highest BCUT2D eigenvalue weighted by molar-refractivity contribution is 7.09. The second kappa shape index (κ2) is 21.4. The first kappa shape index (κ1) is 47.0. The molecule has 1 aliphatic rings. The van der Waals surface area contributed by atoms with Crippen LogP contribution in [0.4, 0.5) is 4.79 Å². The quantitative estimate of drug-likeness (QED) is 0.136. The number of rotatable bonds is 19. The SMILES string of the molecule is CC[C@H](C)[C@H](CC(=O)[C@H]1CCCCN1C(=O)OC(C)(C)C)C(=O)N(C)[C@H](C[C@@H](OC(C)=O)c1nc(C(=O)N[C@@H](Cc2ccccc2)C[C@H](C)C(=O)O)cs1)C(C)C. The second-order valence-electron chi connectivity index (χ2n) is 16.8. The predicted octanol–water partition coefficient (Wildman–Crippen LogP) is 7.48. The molecule has 316 valence electrons. The van der Waals surface area contributed by atoms with Crippen molar-refractivity contribution in [1.29, 1.82) is 0 Å². The number of nitrogens with one attached hydrogen (secondary N) is 1. The summed E-state index contributed by atoms with van der Waals surface area (Å²) < 4.78 is 11.4. The first-order chi connectivity index (χ1) is 26.7. The Hall–Kier alpha value is -4.33. The van der Waals surface area contributed by atoms with Crippen molar-refractivity contribution in [3.8, 4) is 0 Å². The number of aliphatic carboxylic acids is 1. The minimum absolute atomic E-state index is 0.0260. The maximum Gasteiger partial charge on any atom is 0.410 e. The molecule has 14 heteroatoms. The highest BCUT2D eigenvalue weighted by atomic mass is 32.1. The van der Waals surface area contributed by atoms with Gasteiger partial charge in [-0.2, -0.15) is 0 Å². The van der Waals surface area contributed by atoms with Crippen LogP contribution in [0.2, 0.25) is 0 Å². The average Bonchev–Trinajstić information content (AvgIpc) is 3.64. The van der Waals surface area contributed by atoms with E-state index in [1.807, 2.05) is 58.0 Å². The second-order valence-corrected chi connectivity index (χ2v) is 17.7. The first-order valence-electron chi connectivity index (χ1n) is 20.2. The Balaban J connectivity index is 1.83. The molecule has 7 atom stereocenters. The van der Waals surface area contributed by atoms with E-state index < -0.39 is 65.6 Å². The molecule has 0 unspecified atom stereocenters. The van der Waals surface area contributed by atoms with E-state index in [9.17, 15) is 33.9 Å². The number of ketones is 1. The van der Waals surface area contributed by atoms with E-state index >= 15 is 0 Å². The number of nitrogens with zero attached hydrogens (tertiary/aromatic N) is 3. The lowest BCUT2D eigenvalue weighted by molar-refractivity contribution is -0.149. The van der Waals surface area contributed by atoms with Crippen molar-refractivity contribution >= 4 is 47.0 Å². The first-order valence-corrected chi connectivity index (χ1v) is 21.1. The lowest BCUT2D eigenvalue weighted by Gasteiger charge is -2.38. The normalized spacial score (nSPS) is 17.7. The maximum absolute atomic E-state index is 14.5. The molecule has 3 amide bonds. The molecular weight excluding hydrogens is 749 g/mol. The summed E-state index contributed by atoms with van der Waals surface area (Å²) in [6.45, 7) is 16.5. The van der Waals surface area contributed by atoms with Gasteiger partial charge in [-0.15, -0.1) is 11.3 Å². The van der Waals surface area contributed by atoms with Gasteiger partial charge >= 0.3 is 18.0 Å². The summed E-state index contributed by atoms with van der Waals surface area (Å²) in [5, 5.41) is 14.5. The van der Waals surface area contributed by atoms with Gasteiger partial charge in [0, 0.05) is 56.7 Å². The standard InChI is InChI=1S/C43H64N4O9S/c1-11-27(4)32(23-36(49)34-19-15-16-20-47(34)42(54)56-43(7,8)9)40(51)46(10)35(26(2)3)24-37(55-29(6)48)39-45-33(25-57-39)38(50)44-31(21-28(5)41(52)53)22-30-17-13-12-14-18-30/h12-14,17-18,25-28,31-32,34-35,37H,11,15-16,19-24H2,1-10H3,(H,44,50)(H,52,53)/t27-,28-,31+,32-,34+,35+,37+/m0/s1. The third kappa shape index (κ3) is 14.2. The summed E-state index contributed by atoms with van der Waals surface area (Å²) in [4.78, 5) is 87.0. The van der Waals surface area contributed by atoms with Crippen molar-refractivity contribution in [2.24, 2.45) is 23.7 Å². The summed E-state index contributed by atoms with van der Waals surface area (Å²) in [5.41, 5.74) is 0.345. The summed E-state index contributed by atoms with van der Waals surface area (Å²) in [5.74, 6) is -3.92. The Morgan fingerprint density at radius 1 is 1.04 bits per heavy atom. The van der Waals surface area contributed by atoms with Crippen LogP contribution in [0.5, 0.6) is 0 Å². The van der Waals surface area contributed by atoms with E-state index in [0.717, 1.165) is 29.7 Å². The number of benzene rings is 1. The number of likely N-dealkylation sites (tertiary alicyclic amines) is 1. The Morgan fingerprint density at radius 2 is 1.70 bits per heavy atom. The summed E-state index contributed by atoms with van der Waals surface area (Å²) in [7, 11) is 1.71. The molecule has 1 fully saturated rings. The lowest BCUT2D eigenvalue weighted by Crippen LogP contribution is -2.51. The molecule has 2 heterocycles. The Kier molecular flexibility index (Phi) is 17.7. The molecule has 0 spiro atoms. The van der Waals surface area contributed by atoms with E-state index in [-0.39, 0.29) is 48.5 Å². The van der Waals surface area contributed by atoms with E-state index in [0.29, 0.717) is 30.8 Å². The van der Waals surface area contributed by atoms with Gasteiger partial charge in [0.1, 0.15) is 16.3 Å². The number of aromatic nitrogens is 1. The fraction of sp³-hybridized carbons (Fsp3) is 0.651. The Labute approximate surface area is 342 Å². The molecule has 2 N–H and O–H groups in total. The van der Waals surface area contributed by atoms with Crippen molar-refractivity contribution in [2.45, 2.75) is 144 Å². The number of thiazole rings is 1. The zero-order valence-corrected chi connectivity index (χ0v) is 36.2. The number of Topliss-reactive ketones (excluding diaryl/α,β-unsaturated/α-hetero) is 1. The average molecular weight is 813 g/mol. The van der Waals surface area contributed by atoms with Crippen molar-refractivity contribution in [1.82, 2.24) is 20.1 Å². The molecule has 1 aromatic heterocycles. The maximum atomic E-state index is 14.5. The number of amides is 3. The van der Waals surface area contributed by atoms with E-state index in [4.69, 9.17) is 9.47 Å². The zero-order valence-electron chi connectivity index (χ0n) is 35.4. The number of hydrogen-bond acceptors (Lipinski definition) is 10. The molecule has 0 bridgehead atoms. The largest absolute Gasteiger partial charge is 0.481 e. The number of carbonyl (C=O) groups excluding carboxylic acids is 5. The number of ether oxygens (including phenoxy) is 2. The molecular formula is C43H64N4O9S. The third-order valence-corrected chi connectivity index (χ3v) is 11.6. The minimum Gasteiger partial charge on any atom is -0.481 e. The van der Waals surface area contributed by atoms with Crippen LogP contribution in [-0.4, -0.2) is 92.8 Å². The molecule has 2 aromatic rings. The number of hydrogen-bond donors (Lipinski definition) is 2. The highest BCUT2D eigenvalue weighted by Gasteiger charge is 2.40. The molecule has 3 rings (SSSR count). The van der Waals surface area contributed by atoms with E-state index in [1.165, 1.54) is 11.8 Å². The van der Waals surface area contributed by atoms with Gasteiger partial charge in [-0.1, -0.05) is 71.4 Å².